The molecule has 148 valence electrons. The average Bonchev–Trinajstić information content (AvgIpc) is 3.49. The summed E-state index contributed by atoms with van der Waals surface area (Å²) in [5.41, 5.74) is 5.51. The Morgan fingerprint density at radius 3 is 2.62 bits per heavy atom. The van der Waals surface area contributed by atoms with E-state index in [-0.39, 0.29) is 6.79 Å². The van der Waals surface area contributed by atoms with E-state index in [0.29, 0.717) is 18.2 Å². The second-order valence-corrected chi connectivity index (χ2v) is 6.90. The lowest BCUT2D eigenvalue weighted by Crippen LogP contribution is -2.23. The Bertz CT molecular complexity index is 1080. The van der Waals surface area contributed by atoms with Crippen LogP contribution in [0.25, 0.3) is 11.3 Å². The molecule has 0 saturated heterocycles. The summed E-state index contributed by atoms with van der Waals surface area (Å²) in [4.78, 5) is 2.04. The fourth-order valence-electron chi connectivity index (χ4n) is 3.86. The van der Waals surface area contributed by atoms with Crippen LogP contribution in [0.2, 0.25) is 0 Å². The lowest BCUT2D eigenvalue weighted by Gasteiger charge is -2.22. The zero-order valence-electron chi connectivity index (χ0n) is 16.3. The lowest BCUT2D eigenvalue weighted by molar-refractivity contribution is 0.0781. The van der Waals surface area contributed by atoms with Crippen molar-refractivity contribution in [2.24, 2.45) is 0 Å². The van der Waals surface area contributed by atoms with Gasteiger partial charge in [0.15, 0.2) is 17.3 Å². The average molecular weight is 391 g/mol. The van der Waals surface area contributed by atoms with Crippen LogP contribution in [0.4, 0.5) is 5.82 Å². The number of benzene rings is 2. The first-order chi connectivity index (χ1) is 14.3. The number of anilines is 1. The van der Waals surface area contributed by atoms with E-state index in [4.69, 9.17) is 18.9 Å². The van der Waals surface area contributed by atoms with Crippen LogP contribution in [0.15, 0.2) is 54.6 Å². The molecule has 3 aromatic rings. The molecule has 0 saturated carbocycles. The van der Waals surface area contributed by atoms with Crippen LogP contribution in [0.5, 0.6) is 11.5 Å². The molecular weight excluding hydrogens is 370 g/mol. The second kappa shape index (κ2) is 7.09. The molecule has 0 radical (unpaired) electrons. The van der Waals surface area contributed by atoms with Gasteiger partial charge in [-0.15, -0.1) is 0 Å². The number of ether oxygens (including phenoxy) is 4. The molecule has 5 rings (SSSR count). The largest absolute Gasteiger partial charge is 0.493 e. The zero-order chi connectivity index (χ0) is 19.8. The standard InChI is InChI=1S/C22H21N3O4/c1-26-18-9-15-8-17-21(16(15)10-19(18)27-2)23-24-22(17)25(20-12-28-13-29-20)11-14-6-4-3-5-7-14/h3-7,9-10,12H,8,11,13H2,1-2H3,(H,23,24). The van der Waals surface area contributed by atoms with E-state index in [0.717, 1.165) is 40.4 Å². The third-order valence-corrected chi connectivity index (χ3v) is 5.26. The Balaban J connectivity index is 1.55. The number of aromatic nitrogens is 2. The molecular formula is C22H21N3O4. The summed E-state index contributed by atoms with van der Waals surface area (Å²) < 4.78 is 22.0. The van der Waals surface area contributed by atoms with Gasteiger partial charge in [0.05, 0.1) is 26.5 Å². The molecule has 1 aliphatic heterocycles. The van der Waals surface area contributed by atoms with E-state index >= 15 is 0 Å². The van der Waals surface area contributed by atoms with Gasteiger partial charge in [-0.3, -0.25) is 10.00 Å². The maximum absolute atomic E-state index is 5.69. The van der Waals surface area contributed by atoms with Crippen LogP contribution in [0.3, 0.4) is 0 Å². The molecule has 0 spiro atoms. The van der Waals surface area contributed by atoms with Crippen molar-refractivity contribution >= 4 is 5.82 Å². The quantitative estimate of drug-likeness (QED) is 0.539. The smallest absolute Gasteiger partial charge is 0.234 e. The molecule has 1 aliphatic carbocycles. The topological polar surface area (TPSA) is 68.8 Å². The molecule has 2 aliphatic rings. The van der Waals surface area contributed by atoms with Crippen LogP contribution in [-0.2, 0) is 22.4 Å². The Labute approximate surface area is 168 Å². The third-order valence-electron chi connectivity index (χ3n) is 5.26. The number of fused-ring (bicyclic) bond motifs is 3. The number of rotatable bonds is 6. The highest BCUT2D eigenvalue weighted by Gasteiger charge is 2.31. The monoisotopic (exact) mass is 391 g/mol. The molecule has 2 aromatic carbocycles. The van der Waals surface area contributed by atoms with E-state index in [1.165, 1.54) is 5.56 Å². The van der Waals surface area contributed by atoms with Gasteiger partial charge >= 0.3 is 0 Å². The predicted molar refractivity (Wildman–Crippen MR) is 108 cm³/mol. The van der Waals surface area contributed by atoms with Gasteiger partial charge in [-0.05, 0) is 23.3 Å². The van der Waals surface area contributed by atoms with E-state index < -0.39 is 0 Å². The summed E-state index contributed by atoms with van der Waals surface area (Å²) in [6.07, 6.45) is 2.38. The maximum Gasteiger partial charge on any atom is 0.234 e. The molecule has 29 heavy (non-hydrogen) atoms. The first kappa shape index (κ1) is 17.5. The van der Waals surface area contributed by atoms with E-state index in [2.05, 4.69) is 22.3 Å². The molecule has 1 N–H and O–H groups in total. The Morgan fingerprint density at radius 1 is 1.10 bits per heavy atom. The Kier molecular flexibility index (Phi) is 4.27. The van der Waals surface area contributed by atoms with Crippen molar-refractivity contribution in [2.75, 3.05) is 25.9 Å². The van der Waals surface area contributed by atoms with Gasteiger partial charge in [0, 0.05) is 17.5 Å². The highest BCUT2D eigenvalue weighted by molar-refractivity contribution is 5.81. The highest BCUT2D eigenvalue weighted by atomic mass is 16.7. The van der Waals surface area contributed by atoms with Crippen LogP contribution >= 0.6 is 0 Å². The first-order valence-electron chi connectivity index (χ1n) is 9.37. The fraction of sp³-hybridized carbons (Fsp3) is 0.227. The molecule has 0 atom stereocenters. The van der Waals surface area contributed by atoms with E-state index in [9.17, 15) is 0 Å². The minimum absolute atomic E-state index is 0.210. The van der Waals surface area contributed by atoms with Gasteiger partial charge in [0.1, 0.15) is 6.26 Å². The summed E-state index contributed by atoms with van der Waals surface area (Å²) in [7, 11) is 3.29. The number of hydrogen-bond donors (Lipinski definition) is 1. The normalized spacial score (nSPS) is 13.8. The van der Waals surface area contributed by atoms with Crippen molar-refractivity contribution in [3.63, 3.8) is 0 Å². The van der Waals surface area contributed by atoms with Crippen LogP contribution in [0.1, 0.15) is 16.7 Å². The number of hydrogen-bond acceptors (Lipinski definition) is 6. The van der Waals surface area contributed by atoms with Crippen LogP contribution in [-0.4, -0.2) is 31.2 Å². The number of H-pyrrole nitrogens is 1. The predicted octanol–water partition coefficient (Wildman–Crippen LogP) is 3.81. The Morgan fingerprint density at radius 2 is 1.90 bits per heavy atom. The summed E-state index contributed by atoms with van der Waals surface area (Å²) in [6, 6.07) is 14.3. The number of nitrogens with one attached hydrogen (secondary N) is 1. The van der Waals surface area contributed by atoms with Gasteiger partial charge in [-0.25, -0.2) is 0 Å². The second-order valence-electron chi connectivity index (χ2n) is 6.90. The van der Waals surface area contributed by atoms with Gasteiger partial charge in [-0.2, -0.15) is 5.10 Å². The maximum atomic E-state index is 5.69. The van der Waals surface area contributed by atoms with Crippen LogP contribution < -0.4 is 14.4 Å². The SMILES string of the molecule is COc1cc2c(cc1OC)-c1[nH]nc(N(Cc3ccccc3)C3=COCO3)c1C2. The van der Waals surface area contributed by atoms with Gasteiger partial charge < -0.3 is 18.9 Å². The molecule has 2 heterocycles. The number of nitrogens with zero attached hydrogens (tertiary/aromatic N) is 2. The first-order valence-corrected chi connectivity index (χ1v) is 9.37. The molecule has 0 fully saturated rings. The minimum Gasteiger partial charge on any atom is -0.493 e. The van der Waals surface area contributed by atoms with Crippen molar-refractivity contribution in [2.45, 2.75) is 13.0 Å². The third kappa shape index (κ3) is 2.95. The molecule has 1 aromatic heterocycles. The summed E-state index contributed by atoms with van der Waals surface area (Å²) in [6.45, 7) is 0.832. The van der Waals surface area contributed by atoms with E-state index in [1.54, 1.807) is 20.5 Å². The molecule has 0 unspecified atom stereocenters. The van der Waals surface area contributed by atoms with Crippen molar-refractivity contribution in [3.05, 3.63) is 71.3 Å². The summed E-state index contributed by atoms with van der Waals surface area (Å²) in [5, 5.41) is 7.84. The minimum atomic E-state index is 0.210. The van der Waals surface area contributed by atoms with Crippen molar-refractivity contribution in [3.8, 4) is 22.8 Å². The molecule has 0 bridgehead atoms. The van der Waals surface area contributed by atoms with E-state index in [1.807, 2.05) is 35.2 Å². The summed E-state index contributed by atoms with van der Waals surface area (Å²) >= 11 is 0. The van der Waals surface area contributed by atoms with Gasteiger partial charge in [-0.1, -0.05) is 30.3 Å². The highest BCUT2D eigenvalue weighted by Crippen LogP contribution is 2.45. The molecule has 7 nitrogen and oxygen atoms in total. The van der Waals surface area contributed by atoms with Crippen LogP contribution in [0, 0.1) is 0 Å². The lowest BCUT2D eigenvalue weighted by atomic mass is 10.1. The fourth-order valence-corrected chi connectivity index (χ4v) is 3.86. The molecule has 0 amide bonds. The van der Waals surface area contributed by atoms with Crippen molar-refractivity contribution in [1.82, 2.24) is 10.2 Å². The van der Waals surface area contributed by atoms with Gasteiger partial charge in [0.25, 0.3) is 0 Å². The number of methoxy groups -OCH3 is 2. The number of aromatic amines is 1. The summed E-state index contributed by atoms with van der Waals surface area (Å²) in [5.74, 6) is 2.90. The van der Waals surface area contributed by atoms with Crippen molar-refractivity contribution in [1.29, 1.82) is 0 Å². The van der Waals surface area contributed by atoms with Gasteiger partial charge in [0.2, 0.25) is 12.7 Å². The Hall–Kier alpha value is -3.61. The van der Waals surface area contributed by atoms with Crippen molar-refractivity contribution < 1.29 is 18.9 Å². The molecule has 7 heteroatoms. The zero-order valence-corrected chi connectivity index (χ0v) is 16.3.